The number of nitrogens with one attached hydrogen (secondary N) is 1. The minimum absolute atomic E-state index is 0.285. The van der Waals surface area contributed by atoms with Crippen LogP contribution in [-0.4, -0.2) is 37.0 Å². The van der Waals surface area contributed by atoms with Gasteiger partial charge in [0, 0.05) is 13.2 Å². The van der Waals surface area contributed by atoms with Crippen LogP contribution in [0.25, 0.3) is 0 Å². The number of rotatable bonds is 7. The lowest BCUT2D eigenvalue weighted by Gasteiger charge is -2.19. The average molecular weight is 279 g/mol. The van der Waals surface area contributed by atoms with Crippen molar-refractivity contribution in [1.29, 1.82) is 0 Å². The van der Waals surface area contributed by atoms with Crippen molar-refractivity contribution in [1.82, 2.24) is 5.32 Å². The van der Waals surface area contributed by atoms with E-state index in [1.165, 1.54) is 12.8 Å². The molecule has 1 aromatic rings. The van der Waals surface area contributed by atoms with Crippen LogP contribution in [0.5, 0.6) is 5.75 Å². The predicted octanol–water partition coefficient (Wildman–Crippen LogP) is 1.73. The van der Waals surface area contributed by atoms with Crippen molar-refractivity contribution in [2.45, 2.75) is 25.4 Å². The number of methoxy groups -OCH3 is 1. The third-order valence-corrected chi connectivity index (χ3v) is 4.30. The maximum Gasteiger partial charge on any atom is 0.118 e. The van der Waals surface area contributed by atoms with Gasteiger partial charge in [0.05, 0.1) is 13.2 Å². The third-order valence-electron chi connectivity index (χ3n) is 4.30. The molecule has 0 heterocycles. The second-order valence-corrected chi connectivity index (χ2v) is 5.58. The monoisotopic (exact) mass is 279 g/mol. The van der Waals surface area contributed by atoms with Crippen LogP contribution in [-0.2, 0) is 0 Å². The summed E-state index contributed by atoms with van der Waals surface area (Å²) in [6.45, 7) is 1.70. The van der Waals surface area contributed by atoms with Gasteiger partial charge in [-0.2, -0.15) is 0 Å². The van der Waals surface area contributed by atoms with E-state index >= 15 is 0 Å². The molecular weight excluding hydrogens is 254 g/mol. The van der Waals surface area contributed by atoms with Gasteiger partial charge in [0.15, 0.2) is 0 Å². The molecule has 0 amide bonds. The van der Waals surface area contributed by atoms with Crippen LogP contribution >= 0.6 is 0 Å². The van der Waals surface area contributed by atoms with Gasteiger partial charge in [-0.3, -0.25) is 0 Å². The Kier molecular flexibility index (Phi) is 5.83. The Hall–Kier alpha value is -1.10. The topological polar surface area (TPSA) is 61.7 Å². The Morgan fingerprint density at radius 1 is 1.25 bits per heavy atom. The number of aliphatic hydroxyl groups excluding tert-OH is 2. The molecule has 0 aliphatic heterocycles. The predicted molar refractivity (Wildman–Crippen MR) is 78.7 cm³/mol. The minimum atomic E-state index is -0.505. The zero-order chi connectivity index (χ0) is 14.4. The first-order valence-electron chi connectivity index (χ1n) is 7.38. The maximum absolute atomic E-state index is 10.1. The lowest BCUT2D eigenvalue weighted by Crippen LogP contribution is -2.30. The second-order valence-electron chi connectivity index (χ2n) is 5.58. The van der Waals surface area contributed by atoms with E-state index in [2.05, 4.69) is 5.32 Å². The van der Waals surface area contributed by atoms with Gasteiger partial charge in [-0.05, 0) is 48.9 Å². The minimum Gasteiger partial charge on any atom is -0.497 e. The Balaban J connectivity index is 1.75. The van der Waals surface area contributed by atoms with Crippen LogP contribution in [0.2, 0.25) is 0 Å². The molecule has 1 saturated carbocycles. The molecule has 20 heavy (non-hydrogen) atoms. The summed E-state index contributed by atoms with van der Waals surface area (Å²) in [4.78, 5) is 0. The number of aliphatic hydroxyl groups is 2. The van der Waals surface area contributed by atoms with Crippen molar-refractivity contribution in [2.24, 2.45) is 11.8 Å². The lowest BCUT2D eigenvalue weighted by molar-refractivity contribution is 0.163. The van der Waals surface area contributed by atoms with Gasteiger partial charge in [-0.1, -0.05) is 18.6 Å². The van der Waals surface area contributed by atoms with Crippen molar-refractivity contribution in [3.05, 3.63) is 29.8 Å². The van der Waals surface area contributed by atoms with Crippen LogP contribution in [0, 0.1) is 11.8 Å². The first-order chi connectivity index (χ1) is 9.74. The summed E-state index contributed by atoms with van der Waals surface area (Å²) in [6, 6.07) is 7.49. The van der Waals surface area contributed by atoms with E-state index in [0.29, 0.717) is 18.4 Å². The smallest absolute Gasteiger partial charge is 0.118 e. The zero-order valence-electron chi connectivity index (χ0n) is 12.1. The summed E-state index contributed by atoms with van der Waals surface area (Å²) in [5.41, 5.74) is 0.892. The van der Waals surface area contributed by atoms with E-state index in [1.54, 1.807) is 7.11 Å². The van der Waals surface area contributed by atoms with E-state index in [4.69, 9.17) is 4.74 Å². The van der Waals surface area contributed by atoms with Gasteiger partial charge in [0.25, 0.3) is 0 Å². The Morgan fingerprint density at radius 2 is 1.95 bits per heavy atom. The molecule has 3 N–H and O–H groups in total. The zero-order valence-corrected chi connectivity index (χ0v) is 12.1. The van der Waals surface area contributed by atoms with Gasteiger partial charge in [-0.25, -0.2) is 0 Å². The molecule has 1 fully saturated rings. The molecule has 4 heteroatoms. The second kappa shape index (κ2) is 7.62. The normalized spacial score (nSPS) is 23.8. The molecule has 1 aliphatic carbocycles. The van der Waals surface area contributed by atoms with Crippen LogP contribution in [0.4, 0.5) is 0 Å². The SMILES string of the molecule is COc1ccc(C(O)CNCC2CCCC2CO)cc1. The number of hydrogen-bond acceptors (Lipinski definition) is 4. The van der Waals surface area contributed by atoms with Crippen molar-refractivity contribution in [3.63, 3.8) is 0 Å². The van der Waals surface area contributed by atoms with Gasteiger partial charge < -0.3 is 20.3 Å². The van der Waals surface area contributed by atoms with E-state index < -0.39 is 6.10 Å². The quantitative estimate of drug-likeness (QED) is 0.711. The highest BCUT2D eigenvalue weighted by Gasteiger charge is 2.26. The highest BCUT2D eigenvalue weighted by molar-refractivity contribution is 5.28. The fourth-order valence-corrected chi connectivity index (χ4v) is 2.97. The summed E-state index contributed by atoms with van der Waals surface area (Å²) < 4.78 is 5.10. The first kappa shape index (κ1) is 15.3. The van der Waals surface area contributed by atoms with Crippen LogP contribution < -0.4 is 10.1 Å². The highest BCUT2D eigenvalue weighted by atomic mass is 16.5. The number of hydrogen-bond donors (Lipinski definition) is 3. The molecule has 4 nitrogen and oxygen atoms in total. The lowest BCUT2D eigenvalue weighted by atomic mass is 9.97. The number of benzene rings is 1. The molecule has 1 aliphatic rings. The van der Waals surface area contributed by atoms with E-state index in [-0.39, 0.29) is 6.61 Å². The van der Waals surface area contributed by atoms with E-state index in [0.717, 1.165) is 24.3 Å². The first-order valence-corrected chi connectivity index (χ1v) is 7.38. The Labute approximate surface area is 120 Å². The highest BCUT2D eigenvalue weighted by Crippen LogP contribution is 2.30. The molecule has 2 rings (SSSR count). The van der Waals surface area contributed by atoms with Crippen molar-refractivity contribution in [3.8, 4) is 5.75 Å². The molecule has 112 valence electrons. The Morgan fingerprint density at radius 3 is 2.60 bits per heavy atom. The van der Waals surface area contributed by atoms with Crippen LogP contribution in [0.1, 0.15) is 30.9 Å². The largest absolute Gasteiger partial charge is 0.497 e. The van der Waals surface area contributed by atoms with E-state index in [9.17, 15) is 10.2 Å². The molecule has 0 bridgehead atoms. The van der Waals surface area contributed by atoms with Gasteiger partial charge in [0.2, 0.25) is 0 Å². The molecule has 0 aromatic heterocycles. The molecule has 0 radical (unpaired) electrons. The van der Waals surface area contributed by atoms with Crippen molar-refractivity contribution < 1.29 is 14.9 Å². The summed E-state index contributed by atoms with van der Waals surface area (Å²) in [6.07, 6.45) is 3.01. The standard InChI is InChI=1S/C16H25NO3/c1-20-15-7-5-12(6-8-15)16(19)10-17-9-13-3-2-4-14(13)11-18/h5-8,13-14,16-19H,2-4,9-11H2,1H3. The van der Waals surface area contributed by atoms with Gasteiger partial charge in [0.1, 0.15) is 5.75 Å². The summed E-state index contributed by atoms with van der Waals surface area (Å²) in [5.74, 6) is 1.77. The average Bonchev–Trinajstić information content (AvgIpc) is 2.94. The fraction of sp³-hybridized carbons (Fsp3) is 0.625. The number of ether oxygens (including phenoxy) is 1. The molecule has 3 atom stereocenters. The van der Waals surface area contributed by atoms with E-state index in [1.807, 2.05) is 24.3 Å². The third kappa shape index (κ3) is 3.95. The van der Waals surface area contributed by atoms with Crippen LogP contribution in [0.15, 0.2) is 24.3 Å². The summed E-state index contributed by atoms with van der Waals surface area (Å²) in [5, 5.41) is 22.7. The van der Waals surface area contributed by atoms with Crippen LogP contribution in [0.3, 0.4) is 0 Å². The molecule has 1 aromatic carbocycles. The van der Waals surface area contributed by atoms with Crippen molar-refractivity contribution in [2.75, 3.05) is 26.8 Å². The molecule has 0 saturated heterocycles. The van der Waals surface area contributed by atoms with Crippen molar-refractivity contribution >= 4 is 0 Å². The molecular formula is C16H25NO3. The van der Waals surface area contributed by atoms with Gasteiger partial charge >= 0.3 is 0 Å². The maximum atomic E-state index is 10.1. The molecule has 3 unspecified atom stereocenters. The van der Waals surface area contributed by atoms with Gasteiger partial charge in [-0.15, -0.1) is 0 Å². The molecule has 0 spiro atoms. The Bertz CT molecular complexity index is 393. The summed E-state index contributed by atoms with van der Waals surface area (Å²) in [7, 11) is 1.63. The summed E-state index contributed by atoms with van der Waals surface area (Å²) >= 11 is 0. The fourth-order valence-electron chi connectivity index (χ4n) is 2.97.